The molecule has 1 aromatic carbocycles. The van der Waals surface area contributed by atoms with Gasteiger partial charge in [0.05, 0.1) is 0 Å². The van der Waals surface area contributed by atoms with Gasteiger partial charge in [0.15, 0.2) is 5.82 Å². The van der Waals surface area contributed by atoms with Gasteiger partial charge in [-0.2, -0.15) is 0 Å². The van der Waals surface area contributed by atoms with Gasteiger partial charge in [0, 0.05) is 28.2 Å². The van der Waals surface area contributed by atoms with Crippen LogP contribution in [0.5, 0.6) is 0 Å². The molecule has 2 aromatic rings. The van der Waals surface area contributed by atoms with Gasteiger partial charge in [-0.3, -0.25) is 0 Å². The Morgan fingerprint density at radius 2 is 1.67 bits per heavy atom. The van der Waals surface area contributed by atoms with Crippen LogP contribution in [0.2, 0.25) is 0 Å². The van der Waals surface area contributed by atoms with E-state index in [4.69, 9.17) is 0 Å². The first-order valence-electron chi connectivity index (χ1n) is 5.17. The number of aryl methyl sites for hydroxylation is 1. The Morgan fingerprint density at radius 3 is 2.20 bits per heavy atom. The van der Waals surface area contributed by atoms with Crippen molar-refractivity contribution in [3.05, 3.63) is 47.8 Å². The molecule has 0 aliphatic rings. The molecule has 0 bridgehead atoms. The Bertz CT molecular complexity index is 434. The summed E-state index contributed by atoms with van der Waals surface area (Å²) in [5.41, 5.74) is 3.58. The molecular weight excluding hydrogens is 200 g/mol. The second kappa shape index (κ2) is 4.36. The van der Waals surface area contributed by atoms with Gasteiger partial charge in [-0.1, -0.05) is 29.8 Å². The Balaban J connectivity index is 2.33. The maximum Gasteiger partial charge on any atom is 0.159 e. The van der Waals surface area contributed by atoms with Crippen molar-refractivity contribution in [1.82, 2.24) is 9.97 Å². The summed E-state index contributed by atoms with van der Waals surface area (Å²) in [5, 5.41) is 0. The highest BCUT2D eigenvalue weighted by Crippen LogP contribution is 2.14. The van der Waals surface area contributed by atoms with Crippen molar-refractivity contribution in [2.75, 3.05) is 0 Å². The average Bonchev–Trinajstić information content (AvgIpc) is 2.30. The average molecular weight is 214 g/mol. The zero-order valence-corrected chi connectivity index (χ0v) is 11.1. The first kappa shape index (κ1) is 10.0. The predicted molar refractivity (Wildman–Crippen MR) is 65.8 cm³/mol. The van der Waals surface area contributed by atoms with E-state index in [1.807, 2.05) is 12.4 Å². The quantitative estimate of drug-likeness (QED) is 0.705. The first-order valence-corrected chi connectivity index (χ1v) is 6.59. The van der Waals surface area contributed by atoms with E-state index < -0.39 is 0 Å². The third kappa shape index (κ3) is 2.30. The molecule has 2 nitrogen and oxygen atoms in total. The zero-order valence-electron chi connectivity index (χ0n) is 9.07. The van der Waals surface area contributed by atoms with E-state index in [2.05, 4.69) is 41.2 Å². The lowest BCUT2D eigenvalue weighted by atomic mass is 10.1. The Morgan fingerprint density at radius 1 is 1.07 bits per heavy atom. The highest BCUT2D eigenvalue weighted by Gasteiger charge is 1.99. The molecule has 0 atom stereocenters. The van der Waals surface area contributed by atoms with E-state index in [9.17, 15) is 0 Å². The SMILES string of the molecule is Cc1ccc(-c2ncc(C[SiH3])cn2)cc1. The first-order chi connectivity index (χ1) is 7.29. The third-order valence-electron chi connectivity index (χ3n) is 2.42. The van der Waals surface area contributed by atoms with Crippen LogP contribution in [0.4, 0.5) is 0 Å². The van der Waals surface area contributed by atoms with Gasteiger partial charge in [-0.05, 0) is 18.5 Å². The summed E-state index contributed by atoms with van der Waals surface area (Å²) < 4.78 is 0. The van der Waals surface area contributed by atoms with Crippen LogP contribution in [0.15, 0.2) is 36.7 Å². The molecule has 0 unspecified atom stereocenters. The molecule has 76 valence electrons. The fraction of sp³-hybridized carbons (Fsp3) is 0.167. The van der Waals surface area contributed by atoms with E-state index in [0.717, 1.165) is 27.7 Å². The van der Waals surface area contributed by atoms with Crippen LogP contribution in [0.1, 0.15) is 11.1 Å². The van der Waals surface area contributed by atoms with E-state index >= 15 is 0 Å². The van der Waals surface area contributed by atoms with Crippen molar-refractivity contribution >= 4 is 10.2 Å². The minimum absolute atomic E-state index is 0.814. The molecule has 1 aromatic heterocycles. The van der Waals surface area contributed by atoms with Gasteiger partial charge in [-0.25, -0.2) is 9.97 Å². The highest BCUT2D eigenvalue weighted by molar-refractivity contribution is 6.08. The van der Waals surface area contributed by atoms with Gasteiger partial charge in [0.1, 0.15) is 0 Å². The lowest BCUT2D eigenvalue weighted by molar-refractivity contribution is 1.12. The molecule has 1 heterocycles. The van der Waals surface area contributed by atoms with Crippen molar-refractivity contribution in [2.45, 2.75) is 13.0 Å². The lowest BCUT2D eigenvalue weighted by Crippen LogP contribution is -1.92. The van der Waals surface area contributed by atoms with Gasteiger partial charge < -0.3 is 0 Å². The van der Waals surface area contributed by atoms with Crippen LogP contribution < -0.4 is 0 Å². The van der Waals surface area contributed by atoms with Gasteiger partial charge in [0.25, 0.3) is 0 Å². The molecule has 15 heavy (non-hydrogen) atoms. The van der Waals surface area contributed by atoms with Gasteiger partial charge in [0.2, 0.25) is 0 Å². The number of aromatic nitrogens is 2. The Labute approximate surface area is 92.8 Å². The summed E-state index contributed by atoms with van der Waals surface area (Å²) in [6, 6.07) is 9.41. The molecule has 3 heteroatoms. The number of hydrogen-bond donors (Lipinski definition) is 0. The summed E-state index contributed by atoms with van der Waals surface area (Å²) in [4.78, 5) is 8.72. The highest BCUT2D eigenvalue weighted by atomic mass is 28.1. The van der Waals surface area contributed by atoms with Crippen LogP contribution in [0, 0.1) is 6.92 Å². The molecule has 0 spiro atoms. The molecule has 0 fully saturated rings. The van der Waals surface area contributed by atoms with Gasteiger partial charge in [-0.15, -0.1) is 0 Å². The molecule has 0 N–H and O–H groups in total. The number of nitrogens with zero attached hydrogens (tertiary/aromatic N) is 2. The molecule has 0 saturated carbocycles. The largest absolute Gasteiger partial charge is 0.236 e. The second-order valence-corrected chi connectivity index (χ2v) is 4.34. The van der Waals surface area contributed by atoms with E-state index in [0.29, 0.717) is 0 Å². The maximum absolute atomic E-state index is 4.36. The summed E-state index contributed by atoms with van der Waals surface area (Å²) in [6.07, 6.45) is 3.85. The molecule has 0 radical (unpaired) electrons. The zero-order chi connectivity index (χ0) is 10.7. The third-order valence-corrected chi connectivity index (χ3v) is 3.24. The Hall–Kier alpha value is -1.48. The molecule has 0 aliphatic carbocycles. The minimum atomic E-state index is 0.814. The van der Waals surface area contributed by atoms with E-state index in [1.54, 1.807) is 0 Å². The van der Waals surface area contributed by atoms with Crippen LogP contribution in [-0.2, 0) is 6.04 Å². The number of rotatable bonds is 2. The van der Waals surface area contributed by atoms with Crippen molar-refractivity contribution in [1.29, 1.82) is 0 Å². The van der Waals surface area contributed by atoms with Crippen LogP contribution >= 0.6 is 0 Å². The normalized spacial score (nSPS) is 10.5. The van der Waals surface area contributed by atoms with E-state index in [1.165, 1.54) is 11.1 Å². The standard InChI is InChI=1S/C12H14N2Si/c1-9-2-4-11(5-3-9)12-13-6-10(8-15)7-14-12/h2-7H,8H2,1,15H3. The molecule has 0 amide bonds. The second-order valence-electron chi connectivity index (χ2n) is 3.63. The molecule has 0 saturated heterocycles. The van der Waals surface area contributed by atoms with Crippen LogP contribution in [-0.4, -0.2) is 20.2 Å². The van der Waals surface area contributed by atoms with Crippen molar-refractivity contribution in [3.8, 4) is 11.4 Å². The molecule has 2 rings (SSSR count). The topological polar surface area (TPSA) is 25.8 Å². The van der Waals surface area contributed by atoms with Gasteiger partial charge >= 0.3 is 0 Å². The summed E-state index contributed by atoms with van der Waals surface area (Å²) in [5.74, 6) is 0.814. The minimum Gasteiger partial charge on any atom is -0.236 e. The molecular formula is C12H14N2Si. The number of benzene rings is 1. The Kier molecular flexibility index (Phi) is 2.92. The number of hydrogen-bond acceptors (Lipinski definition) is 2. The predicted octanol–water partition coefficient (Wildman–Crippen LogP) is 1.32. The maximum atomic E-state index is 4.36. The monoisotopic (exact) mass is 214 g/mol. The summed E-state index contributed by atoms with van der Waals surface area (Å²) in [7, 11) is 1.16. The van der Waals surface area contributed by atoms with Crippen LogP contribution in [0.25, 0.3) is 11.4 Å². The van der Waals surface area contributed by atoms with Crippen molar-refractivity contribution in [3.63, 3.8) is 0 Å². The summed E-state index contributed by atoms with van der Waals surface area (Å²) >= 11 is 0. The molecule has 0 aliphatic heterocycles. The van der Waals surface area contributed by atoms with Crippen molar-refractivity contribution in [2.24, 2.45) is 0 Å². The smallest absolute Gasteiger partial charge is 0.159 e. The van der Waals surface area contributed by atoms with Crippen LogP contribution in [0.3, 0.4) is 0 Å². The fourth-order valence-electron chi connectivity index (χ4n) is 1.39. The van der Waals surface area contributed by atoms with E-state index in [-0.39, 0.29) is 0 Å². The fourth-order valence-corrected chi connectivity index (χ4v) is 1.75. The lowest BCUT2D eigenvalue weighted by Gasteiger charge is -2.01. The van der Waals surface area contributed by atoms with Crippen molar-refractivity contribution < 1.29 is 0 Å². The summed E-state index contributed by atoms with van der Waals surface area (Å²) in [6.45, 7) is 2.08.